The minimum absolute atomic E-state index is 0.0101. The van der Waals surface area contributed by atoms with Crippen molar-refractivity contribution in [3.8, 4) is 11.4 Å². The van der Waals surface area contributed by atoms with Crippen LogP contribution in [-0.2, 0) is 4.79 Å². The molecule has 2 amide bonds. The fourth-order valence-electron chi connectivity index (χ4n) is 5.19. The molecule has 1 atom stereocenters. The smallest absolute Gasteiger partial charge is 0.255 e. The molecule has 2 bridgehead atoms. The summed E-state index contributed by atoms with van der Waals surface area (Å²) >= 11 is 0. The standard InChI is InChI=1S/C29H45N9O2/c1-37-17-12-22(13-18-37)38(2)29(40)21-10-11-24(34-19-21)26-27-32-15-8-5-9-23(30)28(39)33-16-7-4-3-6-14-31-25(36-27)20-35-26/h10-11,19-20,22-23H,3-9,12-18,30H2,1-2H3,(H,33,39)(H2,31,32,36)/t23-/m1/s1. The van der Waals surface area contributed by atoms with Crippen molar-refractivity contribution in [3.05, 3.63) is 30.1 Å². The monoisotopic (exact) mass is 551 g/mol. The van der Waals surface area contributed by atoms with Crippen LogP contribution < -0.4 is 21.7 Å². The first kappa shape index (κ1) is 29.7. The maximum absolute atomic E-state index is 13.1. The SMILES string of the molecule is CN1CCC(N(C)C(=O)c2ccc(-c3ncc4nc3NCCCC[C@@H](N)C(=O)NCCCCCCN4)nc2)CC1. The molecule has 0 saturated carbocycles. The van der Waals surface area contributed by atoms with Crippen molar-refractivity contribution in [3.63, 3.8) is 0 Å². The number of amides is 2. The summed E-state index contributed by atoms with van der Waals surface area (Å²) in [6, 6.07) is 3.43. The second-order valence-corrected chi connectivity index (χ2v) is 11.0. The number of carbonyl (C=O) groups excluding carboxylic acids is 2. The summed E-state index contributed by atoms with van der Waals surface area (Å²) in [5.41, 5.74) is 7.94. The van der Waals surface area contributed by atoms with Gasteiger partial charge in [-0.05, 0) is 77.2 Å². The van der Waals surface area contributed by atoms with Gasteiger partial charge in [-0.15, -0.1) is 0 Å². The van der Waals surface area contributed by atoms with Crippen LogP contribution in [0.1, 0.15) is 68.1 Å². The van der Waals surface area contributed by atoms with Crippen LogP contribution in [0.2, 0.25) is 0 Å². The predicted octanol–water partition coefficient (Wildman–Crippen LogP) is 2.72. The Morgan fingerprint density at radius 2 is 1.62 bits per heavy atom. The topological polar surface area (TPSA) is 141 Å². The van der Waals surface area contributed by atoms with Gasteiger partial charge in [-0.2, -0.15) is 0 Å². The zero-order chi connectivity index (χ0) is 28.3. The van der Waals surface area contributed by atoms with E-state index in [0.29, 0.717) is 48.1 Å². The highest BCUT2D eigenvalue weighted by molar-refractivity contribution is 5.94. The Labute approximate surface area is 237 Å². The lowest BCUT2D eigenvalue weighted by molar-refractivity contribution is -0.122. The van der Waals surface area contributed by atoms with Gasteiger partial charge in [0.05, 0.1) is 23.5 Å². The number of fused-ring (bicyclic) bond motifs is 2. The molecule has 11 nitrogen and oxygen atoms in total. The average molecular weight is 552 g/mol. The molecule has 0 radical (unpaired) electrons. The van der Waals surface area contributed by atoms with Gasteiger partial charge in [-0.25, -0.2) is 9.97 Å². The molecule has 1 saturated heterocycles. The molecule has 4 heterocycles. The Hall–Kier alpha value is -3.31. The lowest BCUT2D eigenvalue weighted by Gasteiger charge is -2.35. The molecule has 0 aliphatic carbocycles. The molecule has 1 fully saturated rings. The van der Waals surface area contributed by atoms with E-state index in [0.717, 1.165) is 71.0 Å². The number of rotatable bonds is 3. The highest BCUT2D eigenvalue weighted by atomic mass is 16.2. The molecule has 218 valence electrons. The van der Waals surface area contributed by atoms with E-state index in [1.807, 2.05) is 24.1 Å². The van der Waals surface area contributed by atoms with Crippen LogP contribution in [0, 0.1) is 0 Å². The molecule has 2 aromatic rings. The number of aromatic nitrogens is 3. The molecular weight excluding hydrogens is 506 g/mol. The fourth-order valence-corrected chi connectivity index (χ4v) is 5.19. The zero-order valence-electron chi connectivity index (χ0n) is 24.0. The molecule has 40 heavy (non-hydrogen) atoms. The number of likely N-dealkylation sites (tertiary alicyclic amines) is 1. The Morgan fingerprint density at radius 1 is 0.925 bits per heavy atom. The summed E-state index contributed by atoms with van der Waals surface area (Å²) in [6.45, 7) is 4.14. The summed E-state index contributed by atoms with van der Waals surface area (Å²) in [5.74, 6) is 1.28. The van der Waals surface area contributed by atoms with E-state index in [4.69, 9.17) is 15.7 Å². The summed E-state index contributed by atoms with van der Waals surface area (Å²) < 4.78 is 0. The minimum atomic E-state index is -0.481. The lowest BCUT2D eigenvalue weighted by Crippen LogP contribution is -2.44. The van der Waals surface area contributed by atoms with Gasteiger partial charge in [0.1, 0.15) is 11.5 Å². The maximum atomic E-state index is 13.1. The number of hydrogen-bond donors (Lipinski definition) is 4. The van der Waals surface area contributed by atoms with Crippen LogP contribution in [0.4, 0.5) is 11.6 Å². The van der Waals surface area contributed by atoms with Gasteiger partial charge in [-0.1, -0.05) is 12.8 Å². The largest absolute Gasteiger partial charge is 0.369 e. The Kier molecular flexibility index (Phi) is 11.1. The van der Waals surface area contributed by atoms with E-state index in [9.17, 15) is 9.59 Å². The van der Waals surface area contributed by atoms with Crippen molar-refractivity contribution >= 4 is 23.5 Å². The Balaban J connectivity index is 1.45. The summed E-state index contributed by atoms with van der Waals surface area (Å²) in [5, 5.41) is 9.74. The average Bonchev–Trinajstić information content (AvgIpc) is 2.97. The first-order chi connectivity index (χ1) is 19.4. The van der Waals surface area contributed by atoms with Crippen molar-refractivity contribution in [2.24, 2.45) is 5.73 Å². The third kappa shape index (κ3) is 8.34. The van der Waals surface area contributed by atoms with Gasteiger partial charge in [0.25, 0.3) is 5.91 Å². The van der Waals surface area contributed by atoms with E-state index < -0.39 is 6.04 Å². The van der Waals surface area contributed by atoms with Gasteiger partial charge < -0.3 is 31.5 Å². The summed E-state index contributed by atoms with van der Waals surface area (Å²) in [4.78, 5) is 43.6. The molecule has 0 spiro atoms. The van der Waals surface area contributed by atoms with E-state index in [1.54, 1.807) is 12.4 Å². The number of piperidine rings is 1. The summed E-state index contributed by atoms with van der Waals surface area (Å²) in [7, 11) is 4.00. The van der Waals surface area contributed by atoms with Crippen LogP contribution in [0.25, 0.3) is 11.4 Å². The second-order valence-electron chi connectivity index (χ2n) is 11.0. The number of hydrogen-bond acceptors (Lipinski definition) is 9. The van der Waals surface area contributed by atoms with E-state index >= 15 is 0 Å². The third-order valence-electron chi connectivity index (χ3n) is 7.86. The zero-order valence-corrected chi connectivity index (χ0v) is 24.0. The molecular formula is C29H45N9O2. The van der Waals surface area contributed by atoms with E-state index in [2.05, 4.69) is 32.9 Å². The minimum Gasteiger partial charge on any atom is -0.369 e. The highest BCUT2D eigenvalue weighted by Gasteiger charge is 2.25. The molecule has 4 rings (SSSR count). The molecule has 11 heteroatoms. The Bertz CT molecular complexity index is 1100. The van der Waals surface area contributed by atoms with E-state index in [-0.39, 0.29) is 17.9 Å². The molecule has 2 aromatic heterocycles. The molecule has 0 aromatic carbocycles. The number of nitrogens with zero attached hydrogens (tertiary/aromatic N) is 5. The van der Waals surface area contributed by atoms with Crippen molar-refractivity contribution < 1.29 is 9.59 Å². The van der Waals surface area contributed by atoms with Gasteiger partial charge in [0, 0.05) is 38.9 Å². The quantitative estimate of drug-likeness (QED) is 0.453. The number of pyridine rings is 1. The summed E-state index contributed by atoms with van der Waals surface area (Å²) in [6.07, 6.45) is 11.7. The van der Waals surface area contributed by atoms with Crippen LogP contribution in [0.3, 0.4) is 0 Å². The molecule has 2 aliphatic rings. The highest BCUT2D eigenvalue weighted by Crippen LogP contribution is 2.25. The molecule has 2 aliphatic heterocycles. The lowest BCUT2D eigenvalue weighted by atomic mass is 10.0. The molecule has 5 N–H and O–H groups in total. The number of nitrogens with one attached hydrogen (secondary N) is 3. The predicted molar refractivity (Wildman–Crippen MR) is 158 cm³/mol. The number of carbonyl (C=O) groups is 2. The van der Waals surface area contributed by atoms with Gasteiger partial charge in [0.15, 0.2) is 5.82 Å². The normalized spacial score (nSPS) is 20.8. The number of nitrogens with two attached hydrogens (primary N) is 1. The van der Waals surface area contributed by atoms with Gasteiger partial charge in [-0.3, -0.25) is 14.6 Å². The maximum Gasteiger partial charge on any atom is 0.255 e. The van der Waals surface area contributed by atoms with Crippen molar-refractivity contribution in [1.29, 1.82) is 0 Å². The van der Waals surface area contributed by atoms with Crippen LogP contribution in [0.5, 0.6) is 0 Å². The van der Waals surface area contributed by atoms with Crippen molar-refractivity contribution in [1.82, 2.24) is 30.1 Å². The first-order valence-electron chi connectivity index (χ1n) is 14.7. The van der Waals surface area contributed by atoms with Gasteiger partial charge in [0.2, 0.25) is 5.91 Å². The van der Waals surface area contributed by atoms with E-state index in [1.165, 1.54) is 0 Å². The third-order valence-corrected chi connectivity index (χ3v) is 7.86. The first-order valence-corrected chi connectivity index (χ1v) is 14.7. The number of anilines is 2. The Morgan fingerprint density at radius 3 is 2.35 bits per heavy atom. The van der Waals surface area contributed by atoms with Crippen molar-refractivity contribution in [2.75, 3.05) is 57.5 Å². The van der Waals surface area contributed by atoms with Crippen LogP contribution >= 0.6 is 0 Å². The van der Waals surface area contributed by atoms with Crippen molar-refractivity contribution in [2.45, 2.75) is 69.9 Å². The molecule has 0 unspecified atom stereocenters. The van der Waals surface area contributed by atoms with Crippen LogP contribution in [-0.4, -0.2) is 95.5 Å². The second kappa shape index (κ2) is 14.9. The fraction of sp³-hybridized carbons (Fsp3) is 0.621. The van der Waals surface area contributed by atoms with Crippen LogP contribution in [0.15, 0.2) is 24.5 Å². The van der Waals surface area contributed by atoms with Gasteiger partial charge >= 0.3 is 0 Å².